The van der Waals surface area contributed by atoms with E-state index in [0.29, 0.717) is 5.92 Å². The Bertz CT molecular complexity index is 308. The van der Waals surface area contributed by atoms with Crippen LogP contribution in [0, 0.1) is 11.7 Å². The monoisotopic (exact) mass is 209 g/mol. The SMILES string of the molecule is OCC(Nc1ccc(F)cc1)C1CCC1. The van der Waals surface area contributed by atoms with E-state index in [1.54, 1.807) is 12.1 Å². The average molecular weight is 209 g/mol. The first-order valence-electron chi connectivity index (χ1n) is 5.42. The van der Waals surface area contributed by atoms with Gasteiger partial charge in [0.2, 0.25) is 0 Å². The standard InChI is InChI=1S/C12H16FNO/c13-10-4-6-11(7-5-10)14-12(8-15)9-2-1-3-9/h4-7,9,12,14-15H,1-3,8H2. The molecule has 1 atom stereocenters. The number of rotatable bonds is 4. The summed E-state index contributed by atoms with van der Waals surface area (Å²) < 4.78 is 12.7. The van der Waals surface area contributed by atoms with E-state index in [2.05, 4.69) is 5.32 Å². The lowest BCUT2D eigenvalue weighted by molar-refractivity contribution is 0.187. The molecular weight excluding hydrogens is 193 g/mol. The molecule has 1 aromatic carbocycles. The molecule has 0 spiro atoms. The number of nitrogens with one attached hydrogen (secondary N) is 1. The Morgan fingerprint density at radius 2 is 2.00 bits per heavy atom. The van der Waals surface area contributed by atoms with E-state index in [0.717, 1.165) is 5.69 Å². The third kappa shape index (κ3) is 2.48. The molecule has 0 amide bonds. The van der Waals surface area contributed by atoms with Crippen LogP contribution >= 0.6 is 0 Å². The number of hydrogen-bond acceptors (Lipinski definition) is 2. The van der Waals surface area contributed by atoms with Crippen LogP contribution in [0.4, 0.5) is 10.1 Å². The highest BCUT2D eigenvalue weighted by molar-refractivity contribution is 5.44. The third-order valence-corrected chi connectivity index (χ3v) is 3.11. The van der Waals surface area contributed by atoms with Crippen molar-refractivity contribution in [2.75, 3.05) is 11.9 Å². The van der Waals surface area contributed by atoms with Gasteiger partial charge in [0.1, 0.15) is 5.82 Å². The molecule has 1 aromatic rings. The predicted octanol–water partition coefficient (Wildman–Crippen LogP) is 2.40. The van der Waals surface area contributed by atoms with Crippen molar-refractivity contribution in [2.24, 2.45) is 5.92 Å². The summed E-state index contributed by atoms with van der Waals surface area (Å²) in [4.78, 5) is 0. The highest BCUT2D eigenvalue weighted by Gasteiger charge is 2.26. The fraction of sp³-hybridized carbons (Fsp3) is 0.500. The Morgan fingerprint density at radius 1 is 1.33 bits per heavy atom. The summed E-state index contributed by atoms with van der Waals surface area (Å²) in [5.74, 6) is 0.338. The van der Waals surface area contributed by atoms with Gasteiger partial charge in [-0.15, -0.1) is 0 Å². The molecule has 1 fully saturated rings. The van der Waals surface area contributed by atoms with Crippen LogP contribution in [0.3, 0.4) is 0 Å². The van der Waals surface area contributed by atoms with Crippen LogP contribution in [0.1, 0.15) is 19.3 Å². The summed E-state index contributed by atoms with van der Waals surface area (Å²) in [6, 6.07) is 6.38. The second-order valence-electron chi connectivity index (χ2n) is 4.13. The van der Waals surface area contributed by atoms with Gasteiger partial charge in [-0.2, -0.15) is 0 Å². The molecule has 0 aliphatic heterocycles. The molecular formula is C12H16FNO. The zero-order chi connectivity index (χ0) is 10.7. The molecule has 2 rings (SSSR count). The van der Waals surface area contributed by atoms with Gasteiger partial charge in [-0.25, -0.2) is 4.39 Å². The van der Waals surface area contributed by atoms with Gasteiger partial charge >= 0.3 is 0 Å². The van der Waals surface area contributed by atoms with Crippen LogP contribution in [-0.4, -0.2) is 17.8 Å². The number of benzene rings is 1. The van der Waals surface area contributed by atoms with Crippen molar-refractivity contribution in [3.05, 3.63) is 30.1 Å². The first-order chi connectivity index (χ1) is 7.29. The highest BCUT2D eigenvalue weighted by Crippen LogP contribution is 2.31. The van der Waals surface area contributed by atoms with Gasteiger partial charge in [-0.05, 0) is 43.0 Å². The molecule has 2 N–H and O–H groups in total. The van der Waals surface area contributed by atoms with E-state index in [9.17, 15) is 9.50 Å². The summed E-state index contributed by atoms with van der Waals surface area (Å²) in [5.41, 5.74) is 0.877. The molecule has 1 saturated carbocycles. The maximum Gasteiger partial charge on any atom is 0.123 e. The average Bonchev–Trinajstić information content (AvgIpc) is 2.17. The maximum absolute atomic E-state index is 12.7. The molecule has 3 heteroatoms. The Kier molecular flexibility index (Phi) is 3.21. The molecule has 2 nitrogen and oxygen atoms in total. The minimum Gasteiger partial charge on any atom is -0.394 e. The van der Waals surface area contributed by atoms with Crippen molar-refractivity contribution in [3.63, 3.8) is 0 Å². The largest absolute Gasteiger partial charge is 0.394 e. The Labute approximate surface area is 89.1 Å². The van der Waals surface area contributed by atoms with Gasteiger partial charge in [0.15, 0.2) is 0 Å². The molecule has 1 aliphatic carbocycles. The molecule has 82 valence electrons. The van der Waals surface area contributed by atoms with Crippen molar-refractivity contribution < 1.29 is 9.50 Å². The van der Waals surface area contributed by atoms with Crippen molar-refractivity contribution in [2.45, 2.75) is 25.3 Å². The van der Waals surface area contributed by atoms with E-state index in [1.807, 2.05) is 0 Å². The zero-order valence-corrected chi connectivity index (χ0v) is 8.62. The summed E-state index contributed by atoms with van der Waals surface area (Å²) in [6.07, 6.45) is 3.62. The Balaban J connectivity index is 1.96. The van der Waals surface area contributed by atoms with Crippen molar-refractivity contribution in [1.29, 1.82) is 0 Å². The van der Waals surface area contributed by atoms with E-state index in [1.165, 1.54) is 31.4 Å². The first-order valence-corrected chi connectivity index (χ1v) is 5.42. The molecule has 0 radical (unpaired) electrons. The van der Waals surface area contributed by atoms with Gasteiger partial charge in [-0.1, -0.05) is 6.42 Å². The molecule has 1 aliphatic rings. The molecule has 0 aromatic heterocycles. The second kappa shape index (κ2) is 4.62. The number of aliphatic hydroxyl groups excluding tert-OH is 1. The summed E-state index contributed by atoms with van der Waals surface area (Å²) in [6.45, 7) is 0.141. The minimum absolute atomic E-state index is 0.115. The van der Waals surface area contributed by atoms with Crippen LogP contribution in [0.5, 0.6) is 0 Å². The summed E-state index contributed by atoms with van der Waals surface area (Å²) in [7, 11) is 0. The van der Waals surface area contributed by atoms with Crippen LogP contribution in [-0.2, 0) is 0 Å². The topological polar surface area (TPSA) is 32.3 Å². The lowest BCUT2D eigenvalue weighted by Crippen LogP contribution is -2.36. The minimum atomic E-state index is -0.232. The Hall–Kier alpha value is -1.09. The molecule has 0 bridgehead atoms. The zero-order valence-electron chi connectivity index (χ0n) is 8.62. The van der Waals surface area contributed by atoms with Crippen molar-refractivity contribution in [1.82, 2.24) is 0 Å². The quantitative estimate of drug-likeness (QED) is 0.798. The van der Waals surface area contributed by atoms with E-state index < -0.39 is 0 Å². The highest BCUT2D eigenvalue weighted by atomic mass is 19.1. The smallest absolute Gasteiger partial charge is 0.123 e. The maximum atomic E-state index is 12.7. The van der Waals surface area contributed by atoms with Crippen molar-refractivity contribution >= 4 is 5.69 Å². The van der Waals surface area contributed by atoms with Gasteiger partial charge in [0, 0.05) is 5.69 Å². The second-order valence-corrected chi connectivity index (χ2v) is 4.13. The summed E-state index contributed by atoms with van der Waals surface area (Å²) in [5, 5.41) is 12.5. The van der Waals surface area contributed by atoms with E-state index >= 15 is 0 Å². The lowest BCUT2D eigenvalue weighted by atomic mass is 9.80. The molecule has 0 heterocycles. The van der Waals surface area contributed by atoms with Gasteiger partial charge in [0.25, 0.3) is 0 Å². The van der Waals surface area contributed by atoms with E-state index in [4.69, 9.17) is 0 Å². The lowest BCUT2D eigenvalue weighted by Gasteiger charge is -2.33. The number of halogens is 1. The molecule has 15 heavy (non-hydrogen) atoms. The molecule has 1 unspecified atom stereocenters. The van der Waals surface area contributed by atoms with Crippen LogP contribution in [0.15, 0.2) is 24.3 Å². The van der Waals surface area contributed by atoms with E-state index in [-0.39, 0.29) is 18.5 Å². The van der Waals surface area contributed by atoms with Crippen LogP contribution < -0.4 is 5.32 Å². The number of anilines is 1. The normalized spacial score (nSPS) is 18.3. The van der Waals surface area contributed by atoms with Gasteiger partial charge < -0.3 is 10.4 Å². The fourth-order valence-corrected chi connectivity index (χ4v) is 1.91. The van der Waals surface area contributed by atoms with Gasteiger partial charge in [-0.3, -0.25) is 0 Å². The Morgan fingerprint density at radius 3 is 2.47 bits per heavy atom. The number of aliphatic hydroxyl groups is 1. The third-order valence-electron chi connectivity index (χ3n) is 3.11. The number of hydrogen-bond donors (Lipinski definition) is 2. The van der Waals surface area contributed by atoms with Crippen molar-refractivity contribution in [3.8, 4) is 0 Å². The first kappa shape index (κ1) is 10.4. The van der Waals surface area contributed by atoms with Crippen LogP contribution in [0.2, 0.25) is 0 Å². The predicted molar refractivity (Wildman–Crippen MR) is 58.2 cm³/mol. The fourth-order valence-electron chi connectivity index (χ4n) is 1.91. The molecule has 0 saturated heterocycles. The van der Waals surface area contributed by atoms with Gasteiger partial charge in [0.05, 0.1) is 12.6 Å². The summed E-state index contributed by atoms with van der Waals surface area (Å²) >= 11 is 0. The van der Waals surface area contributed by atoms with Crippen LogP contribution in [0.25, 0.3) is 0 Å².